The smallest absolute Gasteiger partial charge is 0.314 e. The van der Waals surface area contributed by atoms with Crippen LogP contribution < -0.4 is 20.1 Å². The first-order valence-corrected chi connectivity index (χ1v) is 10.9. The Balaban J connectivity index is 2.36. The molecule has 1 atom stereocenters. The van der Waals surface area contributed by atoms with Gasteiger partial charge in [-0.3, -0.25) is 0 Å². The van der Waals surface area contributed by atoms with Crippen LogP contribution in [-0.4, -0.2) is 41.8 Å². The third kappa shape index (κ3) is 5.14. The first-order chi connectivity index (χ1) is 12.9. The van der Waals surface area contributed by atoms with Crippen LogP contribution in [0.3, 0.4) is 0 Å². The van der Waals surface area contributed by atoms with E-state index in [1.54, 1.807) is 35.7 Å². The fraction of sp³-hybridized carbons (Fsp3) is 0.389. The van der Waals surface area contributed by atoms with E-state index in [0.29, 0.717) is 23.6 Å². The number of rotatable bonds is 9. The zero-order chi connectivity index (χ0) is 19.9. The summed E-state index contributed by atoms with van der Waals surface area (Å²) in [6, 6.07) is 7.80. The van der Waals surface area contributed by atoms with Gasteiger partial charge in [0.15, 0.2) is 21.3 Å². The molecule has 148 valence electrons. The molecule has 0 spiro atoms. The molecule has 2 rings (SSSR count). The molecule has 0 unspecified atom stereocenters. The average molecular weight is 413 g/mol. The van der Waals surface area contributed by atoms with E-state index < -0.39 is 21.1 Å². The zero-order valence-electron chi connectivity index (χ0n) is 15.5. The number of benzene rings is 1. The first-order valence-electron chi connectivity index (χ1n) is 8.45. The Kier molecular flexibility index (Phi) is 7.49. The summed E-state index contributed by atoms with van der Waals surface area (Å²) in [5.41, 5.74) is 0.511. The molecule has 0 radical (unpaired) electrons. The summed E-state index contributed by atoms with van der Waals surface area (Å²) in [5.74, 6) is 0.930. The van der Waals surface area contributed by atoms with Crippen molar-refractivity contribution in [2.45, 2.75) is 22.8 Å². The van der Waals surface area contributed by atoms with Gasteiger partial charge in [0, 0.05) is 13.1 Å². The van der Waals surface area contributed by atoms with Gasteiger partial charge in [-0.1, -0.05) is 19.1 Å². The lowest BCUT2D eigenvalue weighted by Gasteiger charge is -2.19. The summed E-state index contributed by atoms with van der Waals surface area (Å²) >= 11 is 1.15. The summed E-state index contributed by atoms with van der Waals surface area (Å²) in [6.07, 6.45) is 0.792. The van der Waals surface area contributed by atoms with Crippen molar-refractivity contribution in [3.63, 3.8) is 0 Å². The largest absolute Gasteiger partial charge is 0.493 e. The maximum atomic E-state index is 13.1. The Morgan fingerprint density at radius 3 is 2.48 bits per heavy atom. The Morgan fingerprint density at radius 1 is 1.15 bits per heavy atom. The second-order valence-corrected chi connectivity index (χ2v) is 9.02. The van der Waals surface area contributed by atoms with Gasteiger partial charge in [-0.2, -0.15) is 0 Å². The zero-order valence-corrected chi connectivity index (χ0v) is 17.2. The Morgan fingerprint density at radius 2 is 1.89 bits per heavy atom. The molecule has 1 aromatic heterocycles. The highest BCUT2D eigenvalue weighted by molar-refractivity contribution is 7.93. The van der Waals surface area contributed by atoms with Gasteiger partial charge in [-0.15, -0.1) is 11.3 Å². The van der Waals surface area contributed by atoms with Crippen LogP contribution in [0.4, 0.5) is 4.79 Å². The molecule has 9 heteroatoms. The van der Waals surface area contributed by atoms with Crippen molar-refractivity contribution in [1.82, 2.24) is 10.6 Å². The molecule has 0 saturated heterocycles. The van der Waals surface area contributed by atoms with Crippen LogP contribution in [0.2, 0.25) is 0 Å². The molecule has 27 heavy (non-hydrogen) atoms. The third-order valence-electron chi connectivity index (χ3n) is 3.91. The average Bonchev–Trinajstić information content (AvgIpc) is 3.21. The van der Waals surface area contributed by atoms with Crippen molar-refractivity contribution >= 4 is 27.2 Å². The molecule has 0 aliphatic rings. The van der Waals surface area contributed by atoms with E-state index in [2.05, 4.69) is 10.6 Å². The number of ether oxygens (including phenoxy) is 2. The van der Waals surface area contributed by atoms with Crippen LogP contribution in [0.25, 0.3) is 0 Å². The van der Waals surface area contributed by atoms with Crippen molar-refractivity contribution in [3.05, 3.63) is 41.3 Å². The van der Waals surface area contributed by atoms with E-state index in [1.165, 1.54) is 14.2 Å². The number of carbonyl (C=O) groups excluding carboxylic acids is 1. The fourth-order valence-corrected chi connectivity index (χ4v) is 5.37. The van der Waals surface area contributed by atoms with Crippen molar-refractivity contribution in [1.29, 1.82) is 0 Å². The molecule has 7 nitrogen and oxygen atoms in total. The normalized spacial score (nSPS) is 12.3. The quantitative estimate of drug-likeness (QED) is 0.660. The van der Waals surface area contributed by atoms with Crippen molar-refractivity contribution in [2.75, 3.05) is 27.3 Å². The summed E-state index contributed by atoms with van der Waals surface area (Å²) in [6.45, 7) is 2.39. The summed E-state index contributed by atoms with van der Waals surface area (Å²) < 4.78 is 37.0. The van der Waals surface area contributed by atoms with Crippen LogP contribution in [0.1, 0.15) is 24.2 Å². The molecule has 1 aromatic carbocycles. The van der Waals surface area contributed by atoms with Gasteiger partial charge in [0.25, 0.3) is 0 Å². The summed E-state index contributed by atoms with van der Waals surface area (Å²) in [4.78, 5) is 11.9. The minimum Gasteiger partial charge on any atom is -0.493 e. The van der Waals surface area contributed by atoms with Crippen molar-refractivity contribution in [2.24, 2.45) is 0 Å². The third-order valence-corrected chi connectivity index (χ3v) is 7.45. The lowest BCUT2D eigenvalue weighted by molar-refractivity contribution is 0.241. The topological polar surface area (TPSA) is 93.7 Å². The number of hydrogen-bond acceptors (Lipinski definition) is 6. The number of nitrogens with one attached hydrogen (secondary N) is 2. The van der Waals surface area contributed by atoms with Crippen LogP contribution in [-0.2, 0) is 9.84 Å². The molecule has 0 fully saturated rings. The predicted molar refractivity (Wildman–Crippen MR) is 105 cm³/mol. The maximum absolute atomic E-state index is 13.1. The van der Waals surface area contributed by atoms with E-state index in [-0.39, 0.29) is 10.8 Å². The van der Waals surface area contributed by atoms with Crippen LogP contribution in [0.5, 0.6) is 11.5 Å². The van der Waals surface area contributed by atoms with Crippen LogP contribution >= 0.6 is 11.3 Å². The van der Waals surface area contributed by atoms with Crippen molar-refractivity contribution < 1.29 is 22.7 Å². The lowest BCUT2D eigenvalue weighted by atomic mass is 10.1. The maximum Gasteiger partial charge on any atom is 0.314 e. The van der Waals surface area contributed by atoms with Gasteiger partial charge in [-0.05, 0) is 35.6 Å². The number of thiophene rings is 1. The summed E-state index contributed by atoms with van der Waals surface area (Å²) in [5, 5.41) is 6.09. The van der Waals surface area contributed by atoms with Crippen LogP contribution in [0.15, 0.2) is 39.9 Å². The van der Waals surface area contributed by atoms with Gasteiger partial charge in [0.05, 0.1) is 14.2 Å². The molecular weight excluding hydrogens is 388 g/mol. The standard InChI is InChI=1S/C18H24N2O5S2/c1-4-9-19-18(21)20-12-16(27(22,23)17-6-5-10-26-17)13-7-8-14(24-2)15(11-13)25-3/h5-8,10-11,16H,4,9,12H2,1-3H3,(H2,19,20,21)/t16-/m0/s1. The molecule has 1 heterocycles. The number of sulfone groups is 1. The number of methoxy groups -OCH3 is 2. The SMILES string of the molecule is CCCNC(=O)NC[C@@H](c1ccc(OC)c(OC)c1)S(=O)(=O)c1cccs1. The lowest BCUT2D eigenvalue weighted by Crippen LogP contribution is -2.39. The molecule has 2 amide bonds. The highest BCUT2D eigenvalue weighted by Crippen LogP contribution is 2.36. The Hall–Kier alpha value is -2.26. The second kappa shape index (κ2) is 9.61. The van der Waals surface area contributed by atoms with Crippen LogP contribution in [0, 0.1) is 0 Å². The molecule has 0 aliphatic heterocycles. The van der Waals surface area contributed by atoms with E-state index in [0.717, 1.165) is 17.8 Å². The second-order valence-electron chi connectivity index (χ2n) is 5.72. The van der Waals surface area contributed by atoms with Crippen molar-refractivity contribution in [3.8, 4) is 11.5 Å². The first kappa shape index (κ1) is 21.0. The predicted octanol–water partition coefficient (Wildman–Crippen LogP) is 2.99. The molecular formula is C18H24N2O5S2. The Bertz CT molecular complexity index is 851. The van der Waals surface area contributed by atoms with E-state index in [4.69, 9.17) is 9.47 Å². The Labute approximate surface area is 163 Å². The van der Waals surface area contributed by atoms with Gasteiger partial charge in [-0.25, -0.2) is 13.2 Å². The van der Waals surface area contributed by atoms with Gasteiger partial charge < -0.3 is 20.1 Å². The molecule has 2 aromatic rings. The van der Waals surface area contributed by atoms with E-state index in [1.807, 2.05) is 6.92 Å². The number of hydrogen-bond donors (Lipinski definition) is 2. The minimum atomic E-state index is -3.69. The molecule has 0 aliphatic carbocycles. The number of amides is 2. The minimum absolute atomic E-state index is 0.0642. The van der Waals surface area contributed by atoms with Gasteiger partial charge in [0.2, 0.25) is 0 Å². The molecule has 0 bridgehead atoms. The van der Waals surface area contributed by atoms with E-state index in [9.17, 15) is 13.2 Å². The highest BCUT2D eigenvalue weighted by Gasteiger charge is 2.31. The number of urea groups is 1. The fourth-order valence-electron chi connectivity index (χ4n) is 2.51. The highest BCUT2D eigenvalue weighted by atomic mass is 32.2. The van der Waals surface area contributed by atoms with Gasteiger partial charge in [0.1, 0.15) is 9.46 Å². The van der Waals surface area contributed by atoms with E-state index >= 15 is 0 Å². The van der Waals surface area contributed by atoms with Gasteiger partial charge >= 0.3 is 6.03 Å². The monoisotopic (exact) mass is 412 g/mol. The summed E-state index contributed by atoms with van der Waals surface area (Å²) in [7, 11) is -0.694. The molecule has 2 N–H and O–H groups in total. The number of carbonyl (C=O) groups is 1. The molecule has 0 saturated carbocycles.